The standard InChI is InChI=1S/C23H23N3O4/c1-15-21(16(2)30-25-15)14-29-20-6-3-5-17(13-20)23(28)24-18-8-10-19(11-9-18)26-12-4-7-22(26)27/h3,5-6,8-11,13H,4,7,12,14H2,1-2H3,(H,24,28). The molecule has 4 rings (SSSR count). The minimum absolute atomic E-state index is 0.139. The molecule has 30 heavy (non-hydrogen) atoms. The molecule has 7 heteroatoms. The smallest absolute Gasteiger partial charge is 0.255 e. The molecule has 1 N–H and O–H groups in total. The molecule has 3 aromatic rings. The highest BCUT2D eigenvalue weighted by Gasteiger charge is 2.21. The average Bonchev–Trinajstić information content (AvgIpc) is 3.32. The highest BCUT2D eigenvalue weighted by molar-refractivity contribution is 6.04. The normalized spacial score (nSPS) is 13.5. The van der Waals surface area contributed by atoms with Crippen LogP contribution in [0.25, 0.3) is 0 Å². The quantitative estimate of drug-likeness (QED) is 0.663. The molecule has 1 aliphatic heterocycles. The van der Waals surface area contributed by atoms with E-state index >= 15 is 0 Å². The van der Waals surface area contributed by atoms with Crippen LogP contribution in [0, 0.1) is 13.8 Å². The summed E-state index contributed by atoms with van der Waals surface area (Å²) in [7, 11) is 0. The summed E-state index contributed by atoms with van der Waals surface area (Å²) in [6.07, 6.45) is 1.47. The number of rotatable bonds is 6. The van der Waals surface area contributed by atoms with Crippen molar-refractivity contribution in [3.05, 3.63) is 71.1 Å². The van der Waals surface area contributed by atoms with Gasteiger partial charge in [-0.2, -0.15) is 0 Å². The number of hydrogen-bond donors (Lipinski definition) is 1. The van der Waals surface area contributed by atoms with E-state index in [2.05, 4.69) is 10.5 Å². The zero-order valence-electron chi connectivity index (χ0n) is 17.0. The van der Waals surface area contributed by atoms with E-state index in [-0.39, 0.29) is 11.8 Å². The highest BCUT2D eigenvalue weighted by Crippen LogP contribution is 2.24. The van der Waals surface area contributed by atoms with Gasteiger partial charge < -0.3 is 19.5 Å². The van der Waals surface area contributed by atoms with Crippen molar-refractivity contribution in [2.75, 3.05) is 16.8 Å². The third-order valence-corrected chi connectivity index (χ3v) is 5.17. The van der Waals surface area contributed by atoms with Gasteiger partial charge in [-0.3, -0.25) is 9.59 Å². The lowest BCUT2D eigenvalue weighted by atomic mass is 10.2. The molecule has 0 saturated carbocycles. The minimum atomic E-state index is -0.234. The van der Waals surface area contributed by atoms with E-state index in [0.29, 0.717) is 30.0 Å². The number of aryl methyl sites for hydroxylation is 2. The fourth-order valence-electron chi connectivity index (χ4n) is 3.44. The Morgan fingerprint density at radius 2 is 2.00 bits per heavy atom. The van der Waals surface area contributed by atoms with Crippen molar-refractivity contribution >= 4 is 23.2 Å². The third-order valence-electron chi connectivity index (χ3n) is 5.17. The Hall–Kier alpha value is -3.61. The van der Waals surface area contributed by atoms with Crippen LogP contribution >= 0.6 is 0 Å². The van der Waals surface area contributed by atoms with Gasteiger partial charge in [0.15, 0.2) is 0 Å². The van der Waals surface area contributed by atoms with Crippen molar-refractivity contribution in [3.8, 4) is 5.75 Å². The van der Waals surface area contributed by atoms with Crippen molar-refractivity contribution < 1.29 is 18.8 Å². The van der Waals surface area contributed by atoms with Crippen LogP contribution in [0.4, 0.5) is 11.4 Å². The third kappa shape index (κ3) is 4.20. The molecule has 7 nitrogen and oxygen atoms in total. The fraction of sp³-hybridized carbons (Fsp3) is 0.261. The first-order valence-corrected chi connectivity index (χ1v) is 9.87. The second-order valence-electron chi connectivity index (χ2n) is 7.27. The van der Waals surface area contributed by atoms with Crippen molar-refractivity contribution in [2.24, 2.45) is 0 Å². The monoisotopic (exact) mass is 405 g/mol. The number of benzene rings is 2. The molecule has 1 fully saturated rings. The molecular weight excluding hydrogens is 382 g/mol. The van der Waals surface area contributed by atoms with Crippen molar-refractivity contribution in [1.82, 2.24) is 5.16 Å². The number of amides is 2. The van der Waals surface area contributed by atoms with Crippen molar-refractivity contribution in [3.63, 3.8) is 0 Å². The number of hydrogen-bond acceptors (Lipinski definition) is 5. The number of carbonyl (C=O) groups is 2. The maximum Gasteiger partial charge on any atom is 0.255 e. The molecule has 0 atom stereocenters. The summed E-state index contributed by atoms with van der Waals surface area (Å²) in [6.45, 7) is 4.77. The van der Waals surface area contributed by atoms with E-state index in [1.807, 2.05) is 26.0 Å². The second-order valence-corrected chi connectivity index (χ2v) is 7.27. The molecule has 0 radical (unpaired) electrons. The van der Waals surface area contributed by atoms with Gasteiger partial charge in [0.1, 0.15) is 18.1 Å². The van der Waals surface area contributed by atoms with E-state index in [1.54, 1.807) is 41.3 Å². The zero-order chi connectivity index (χ0) is 21.1. The zero-order valence-corrected chi connectivity index (χ0v) is 17.0. The second kappa shape index (κ2) is 8.41. The number of nitrogens with zero attached hydrogens (tertiary/aromatic N) is 2. The Morgan fingerprint density at radius 3 is 2.67 bits per heavy atom. The molecule has 2 aromatic carbocycles. The molecule has 1 saturated heterocycles. The molecule has 154 valence electrons. The van der Waals surface area contributed by atoms with Crippen LogP contribution in [0.5, 0.6) is 5.75 Å². The van der Waals surface area contributed by atoms with Crippen LogP contribution in [-0.2, 0) is 11.4 Å². The lowest BCUT2D eigenvalue weighted by Gasteiger charge is -2.16. The first-order chi connectivity index (χ1) is 14.5. The van der Waals surface area contributed by atoms with Crippen LogP contribution in [0.15, 0.2) is 53.1 Å². The predicted octanol–water partition coefficient (Wildman–Crippen LogP) is 4.25. The molecule has 0 aliphatic carbocycles. The maximum absolute atomic E-state index is 12.6. The first-order valence-electron chi connectivity index (χ1n) is 9.87. The number of anilines is 2. The van der Waals surface area contributed by atoms with Gasteiger partial charge >= 0.3 is 0 Å². The first kappa shape index (κ1) is 19.7. The summed E-state index contributed by atoms with van der Waals surface area (Å²) in [5, 5.41) is 6.80. The Balaban J connectivity index is 1.40. The van der Waals surface area contributed by atoms with E-state index < -0.39 is 0 Å². The minimum Gasteiger partial charge on any atom is -0.489 e. The highest BCUT2D eigenvalue weighted by atomic mass is 16.5. The molecule has 0 bridgehead atoms. The lowest BCUT2D eigenvalue weighted by molar-refractivity contribution is -0.117. The van der Waals surface area contributed by atoms with Gasteiger partial charge in [-0.1, -0.05) is 11.2 Å². The van der Waals surface area contributed by atoms with Crippen LogP contribution in [0.1, 0.15) is 40.2 Å². The van der Waals surface area contributed by atoms with Gasteiger partial charge in [0.25, 0.3) is 5.91 Å². The van der Waals surface area contributed by atoms with Crippen LogP contribution in [-0.4, -0.2) is 23.5 Å². The van der Waals surface area contributed by atoms with Crippen molar-refractivity contribution in [1.29, 1.82) is 0 Å². The lowest BCUT2D eigenvalue weighted by Crippen LogP contribution is -2.23. The molecule has 1 aromatic heterocycles. The summed E-state index contributed by atoms with van der Waals surface area (Å²) >= 11 is 0. The summed E-state index contributed by atoms with van der Waals surface area (Å²) in [5.41, 5.74) is 3.70. The SMILES string of the molecule is Cc1noc(C)c1COc1cccc(C(=O)Nc2ccc(N3CCCC3=O)cc2)c1. The van der Waals surface area contributed by atoms with E-state index in [1.165, 1.54) is 0 Å². The average molecular weight is 405 g/mol. The summed E-state index contributed by atoms with van der Waals surface area (Å²) in [5.74, 6) is 1.22. The number of ether oxygens (including phenoxy) is 1. The fourth-order valence-corrected chi connectivity index (χ4v) is 3.44. The van der Waals surface area contributed by atoms with Crippen LogP contribution < -0.4 is 15.0 Å². The summed E-state index contributed by atoms with van der Waals surface area (Å²) < 4.78 is 11.0. The Morgan fingerprint density at radius 1 is 1.20 bits per heavy atom. The number of carbonyl (C=O) groups excluding carboxylic acids is 2. The summed E-state index contributed by atoms with van der Waals surface area (Å²) in [4.78, 5) is 26.3. The molecule has 1 aliphatic rings. The van der Waals surface area contributed by atoms with Gasteiger partial charge in [0.2, 0.25) is 5.91 Å². The van der Waals surface area contributed by atoms with Gasteiger partial charge in [0.05, 0.1) is 11.3 Å². The molecule has 2 heterocycles. The van der Waals surface area contributed by atoms with E-state index in [9.17, 15) is 9.59 Å². The van der Waals surface area contributed by atoms with Gasteiger partial charge in [-0.25, -0.2) is 0 Å². The van der Waals surface area contributed by atoms with Crippen LogP contribution in [0.2, 0.25) is 0 Å². The Bertz CT molecular complexity index is 1050. The molecular formula is C23H23N3O4. The Labute approximate surface area is 174 Å². The van der Waals surface area contributed by atoms with Gasteiger partial charge in [-0.05, 0) is 62.7 Å². The molecule has 2 amide bonds. The van der Waals surface area contributed by atoms with E-state index in [0.717, 1.165) is 35.7 Å². The number of aromatic nitrogens is 1. The Kier molecular flexibility index (Phi) is 5.52. The number of nitrogens with one attached hydrogen (secondary N) is 1. The van der Waals surface area contributed by atoms with Gasteiger partial charge in [0, 0.05) is 29.9 Å². The molecule has 0 spiro atoms. The largest absolute Gasteiger partial charge is 0.489 e. The topological polar surface area (TPSA) is 84.7 Å². The van der Waals surface area contributed by atoms with Gasteiger partial charge in [-0.15, -0.1) is 0 Å². The maximum atomic E-state index is 12.6. The van der Waals surface area contributed by atoms with Crippen molar-refractivity contribution in [2.45, 2.75) is 33.3 Å². The predicted molar refractivity (Wildman–Crippen MR) is 113 cm³/mol. The van der Waals surface area contributed by atoms with Crippen LogP contribution in [0.3, 0.4) is 0 Å². The summed E-state index contributed by atoms with van der Waals surface area (Å²) in [6, 6.07) is 14.3. The van der Waals surface area contributed by atoms with E-state index in [4.69, 9.17) is 9.26 Å². The molecule has 0 unspecified atom stereocenters.